The SMILES string of the molecule is COc1cccc(Cc2ncc(C(N)C(C)C)o2)c1. The molecule has 0 saturated carbocycles. The Hall–Kier alpha value is -1.81. The van der Waals surface area contributed by atoms with E-state index in [9.17, 15) is 0 Å². The number of oxazole rings is 1. The van der Waals surface area contributed by atoms with Crippen molar-refractivity contribution in [3.63, 3.8) is 0 Å². The van der Waals surface area contributed by atoms with E-state index in [4.69, 9.17) is 14.9 Å². The maximum absolute atomic E-state index is 6.04. The van der Waals surface area contributed by atoms with Crippen LogP contribution in [0.15, 0.2) is 34.9 Å². The van der Waals surface area contributed by atoms with Gasteiger partial charge in [0.1, 0.15) is 11.5 Å². The third-order valence-electron chi connectivity index (χ3n) is 3.11. The van der Waals surface area contributed by atoms with E-state index in [1.54, 1.807) is 13.3 Å². The molecule has 2 aromatic rings. The number of aromatic nitrogens is 1. The van der Waals surface area contributed by atoms with Gasteiger partial charge in [0.2, 0.25) is 0 Å². The van der Waals surface area contributed by atoms with Crippen molar-refractivity contribution in [2.75, 3.05) is 7.11 Å². The molecule has 1 heterocycles. The number of rotatable bonds is 5. The quantitative estimate of drug-likeness (QED) is 0.897. The molecule has 0 bridgehead atoms. The summed E-state index contributed by atoms with van der Waals surface area (Å²) in [4.78, 5) is 4.28. The summed E-state index contributed by atoms with van der Waals surface area (Å²) in [6.45, 7) is 4.13. The maximum atomic E-state index is 6.04. The summed E-state index contributed by atoms with van der Waals surface area (Å²) >= 11 is 0. The van der Waals surface area contributed by atoms with E-state index in [1.165, 1.54) is 0 Å². The topological polar surface area (TPSA) is 61.3 Å². The first-order chi connectivity index (χ1) is 9.10. The van der Waals surface area contributed by atoms with E-state index >= 15 is 0 Å². The van der Waals surface area contributed by atoms with E-state index in [0.29, 0.717) is 18.2 Å². The van der Waals surface area contributed by atoms with E-state index in [1.807, 2.05) is 24.3 Å². The van der Waals surface area contributed by atoms with E-state index in [2.05, 4.69) is 18.8 Å². The van der Waals surface area contributed by atoms with Gasteiger partial charge >= 0.3 is 0 Å². The van der Waals surface area contributed by atoms with Crippen LogP contribution in [0.25, 0.3) is 0 Å². The molecule has 0 aliphatic carbocycles. The molecule has 2 N–H and O–H groups in total. The lowest BCUT2D eigenvalue weighted by atomic mass is 10.0. The molecule has 1 aromatic carbocycles. The molecule has 4 nitrogen and oxygen atoms in total. The van der Waals surface area contributed by atoms with E-state index in [0.717, 1.165) is 17.1 Å². The first-order valence-corrected chi connectivity index (χ1v) is 6.43. The van der Waals surface area contributed by atoms with Gasteiger partial charge in [-0.3, -0.25) is 0 Å². The van der Waals surface area contributed by atoms with Crippen molar-refractivity contribution < 1.29 is 9.15 Å². The largest absolute Gasteiger partial charge is 0.497 e. The highest BCUT2D eigenvalue weighted by Crippen LogP contribution is 2.21. The summed E-state index contributed by atoms with van der Waals surface area (Å²) in [5, 5.41) is 0. The fraction of sp³-hybridized carbons (Fsp3) is 0.400. The van der Waals surface area contributed by atoms with Crippen LogP contribution < -0.4 is 10.5 Å². The molecule has 1 atom stereocenters. The highest BCUT2D eigenvalue weighted by molar-refractivity contribution is 5.30. The van der Waals surface area contributed by atoms with Gasteiger partial charge in [-0.2, -0.15) is 0 Å². The zero-order chi connectivity index (χ0) is 13.8. The van der Waals surface area contributed by atoms with Crippen molar-refractivity contribution in [2.24, 2.45) is 11.7 Å². The molecule has 1 aromatic heterocycles. The minimum Gasteiger partial charge on any atom is -0.497 e. The molecule has 0 spiro atoms. The smallest absolute Gasteiger partial charge is 0.198 e. The van der Waals surface area contributed by atoms with Crippen molar-refractivity contribution in [2.45, 2.75) is 26.3 Å². The van der Waals surface area contributed by atoms with Crippen molar-refractivity contribution in [1.29, 1.82) is 0 Å². The van der Waals surface area contributed by atoms with E-state index in [-0.39, 0.29) is 6.04 Å². The molecule has 0 fully saturated rings. The van der Waals surface area contributed by atoms with Crippen LogP contribution in [0.3, 0.4) is 0 Å². The molecule has 0 saturated heterocycles. The number of hydrogen-bond acceptors (Lipinski definition) is 4. The lowest BCUT2D eigenvalue weighted by molar-refractivity contribution is 0.384. The van der Waals surface area contributed by atoms with E-state index < -0.39 is 0 Å². The maximum Gasteiger partial charge on any atom is 0.198 e. The summed E-state index contributed by atoms with van der Waals surface area (Å²) in [7, 11) is 1.66. The van der Waals surface area contributed by atoms with Crippen LogP contribution in [0.2, 0.25) is 0 Å². The first-order valence-electron chi connectivity index (χ1n) is 6.43. The second-order valence-electron chi connectivity index (χ2n) is 4.95. The Morgan fingerprint density at radius 3 is 2.84 bits per heavy atom. The zero-order valence-corrected chi connectivity index (χ0v) is 11.6. The van der Waals surface area contributed by atoms with Gasteiger partial charge in [0.15, 0.2) is 5.89 Å². The van der Waals surface area contributed by atoms with Gasteiger partial charge in [-0.1, -0.05) is 26.0 Å². The Morgan fingerprint density at radius 1 is 1.37 bits per heavy atom. The Balaban J connectivity index is 2.11. The Bertz CT molecular complexity index is 534. The third kappa shape index (κ3) is 3.35. The lowest BCUT2D eigenvalue weighted by Gasteiger charge is -2.11. The molecule has 102 valence electrons. The number of hydrogen-bond donors (Lipinski definition) is 1. The fourth-order valence-electron chi connectivity index (χ4n) is 1.85. The second-order valence-corrected chi connectivity index (χ2v) is 4.95. The average Bonchev–Trinajstić information content (AvgIpc) is 2.86. The van der Waals surface area contributed by atoms with Crippen LogP contribution in [0.5, 0.6) is 5.75 Å². The van der Waals surface area contributed by atoms with Crippen molar-refractivity contribution in [1.82, 2.24) is 4.98 Å². The van der Waals surface area contributed by atoms with Crippen LogP contribution in [-0.4, -0.2) is 12.1 Å². The molecule has 4 heteroatoms. The molecule has 0 radical (unpaired) electrons. The van der Waals surface area contributed by atoms with Crippen molar-refractivity contribution in [3.05, 3.63) is 47.7 Å². The average molecular weight is 260 g/mol. The standard InChI is InChI=1S/C15H20N2O2/c1-10(2)15(16)13-9-17-14(19-13)8-11-5-4-6-12(7-11)18-3/h4-7,9-10,15H,8,16H2,1-3H3. The predicted molar refractivity (Wildman–Crippen MR) is 74.1 cm³/mol. The molecular formula is C15H20N2O2. The highest BCUT2D eigenvalue weighted by Gasteiger charge is 2.15. The minimum atomic E-state index is -0.105. The molecule has 0 amide bonds. The first kappa shape index (κ1) is 13.6. The molecule has 0 aliphatic heterocycles. The van der Waals surface area contributed by atoms with Crippen LogP contribution >= 0.6 is 0 Å². The van der Waals surface area contributed by atoms with Gasteiger partial charge in [0.25, 0.3) is 0 Å². The van der Waals surface area contributed by atoms with Crippen LogP contribution in [0, 0.1) is 5.92 Å². The van der Waals surface area contributed by atoms with Gasteiger partial charge in [-0.25, -0.2) is 4.98 Å². The summed E-state index contributed by atoms with van der Waals surface area (Å²) in [6, 6.07) is 7.77. The zero-order valence-electron chi connectivity index (χ0n) is 11.6. The number of methoxy groups -OCH3 is 1. The normalized spacial score (nSPS) is 12.7. The summed E-state index contributed by atoms with van der Waals surface area (Å²) in [5.74, 6) is 2.59. The van der Waals surface area contributed by atoms with Crippen LogP contribution in [-0.2, 0) is 6.42 Å². The summed E-state index contributed by atoms with van der Waals surface area (Å²) in [6.07, 6.45) is 2.36. The Labute approximate surface area is 113 Å². The second kappa shape index (κ2) is 5.89. The summed E-state index contributed by atoms with van der Waals surface area (Å²) < 4.78 is 10.9. The monoisotopic (exact) mass is 260 g/mol. The predicted octanol–water partition coefficient (Wildman–Crippen LogP) is 2.93. The Kier molecular flexibility index (Phi) is 4.22. The number of benzene rings is 1. The lowest BCUT2D eigenvalue weighted by Crippen LogP contribution is -2.15. The minimum absolute atomic E-state index is 0.105. The van der Waals surface area contributed by atoms with Gasteiger partial charge in [0, 0.05) is 6.42 Å². The van der Waals surface area contributed by atoms with Crippen molar-refractivity contribution >= 4 is 0 Å². The molecule has 1 unspecified atom stereocenters. The molecular weight excluding hydrogens is 240 g/mol. The van der Waals surface area contributed by atoms with Crippen molar-refractivity contribution in [3.8, 4) is 5.75 Å². The van der Waals surface area contributed by atoms with Gasteiger partial charge in [0.05, 0.1) is 19.3 Å². The van der Waals surface area contributed by atoms with Gasteiger partial charge in [-0.05, 0) is 23.6 Å². The summed E-state index contributed by atoms with van der Waals surface area (Å²) in [5.41, 5.74) is 7.14. The highest BCUT2D eigenvalue weighted by atomic mass is 16.5. The number of ether oxygens (including phenoxy) is 1. The molecule has 0 aliphatic rings. The van der Waals surface area contributed by atoms with Crippen LogP contribution in [0.1, 0.15) is 37.1 Å². The van der Waals surface area contributed by atoms with Crippen LogP contribution in [0.4, 0.5) is 0 Å². The Morgan fingerprint density at radius 2 is 2.16 bits per heavy atom. The number of nitrogens with zero attached hydrogens (tertiary/aromatic N) is 1. The number of nitrogens with two attached hydrogens (primary N) is 1. The fourth-order valence-corrected chi connectivity index (χ4v) is 1.85. The van der Waals surface area contributed by atoms with Gasteiger partial charge in [-0.15, -0.1) is 0 Å². The molecule has 19 heavy (non-hydrogen) atoms. The molecule has 2 rings (SSSR count). The van der Waals surface area contributed by atoms with Gasteiger partial charge < -0.3 is 14.9 Å². The third-order valence-corrected chi connectivity index (χ3v) is 3.11.